The molecule has 19 heavy (non-hydrogen) atoms. The molecule has 100 valence electrons. The molecule has 0 aromatic carbocycles. The molecule has 1 aliphatic carbocycles. The van der Waals surface area contributed by atoms with E-state index in [9.17, 15) is 9.18 Å². The van der Waals surface area contributed by atoms with Gasteiger partial charge in [0.25, 0.3) is 5.91 Å². The number of amides is 1. The van der Waals surface area contributed by atoms with Crippen molar-refractivity contribution in [1.29, 1.82) is 0 Å². The van der Waals surface area contributed by atoms with E-state index in [0.717, 1.165) is 19.2 Å². The largest absolute Gasteiger partial charge is 0.493 e. The van der Waals surface area contributed by atoms with Crippen molar-refractivity contribution < 1.29 is 18.7 Å². The molecule has 2 aliphatic heterocycles. The zero-order valence-electron chi connectivity index (χ0n) is 10.2. The molecule has 1 atom stereocenters. The molecule has 0 N–H and O–H groups in total. The highest BCUT2D eigenvalue weighted by molar-refractivity contribution is 6.18. The number of allylic oxidation sites excluding steroid dienone is 3. The van der Waals surface area contributed by atoms with E-state index in [-0.39, 0.29) is 12.0 Å². The molecule has 0 aromatic heterocycles. The Bertz CT molecular complexity index is 516. The smallest absolute Gasteiger partial charge is 0.263 e. The lowest BCUT2D eigenvalue weighted by molar-refractivity contribution is -0.120. The van der Waals surface area contributed by atoms with Gasteiger partial charge in [-0.1, -0.05) is 0 Å². The number of hydrogen-bond donors (Lipinski definition) is 0. The number of aliphatic imine (C=N–C) groups is 2. The maximum absolute atomic E-state index is 13.5. The summed E-state index contributed by atoms with van der Waals surface area (Å²) in [4.78, 5) is 19.4. The molecule has 1 unspecified atom stereocenters. The summed E-state index contributed by atoms with van der Waals surface area (Å²) in [6.45, 7) is 1.24. The van der Waals surface area contributed by atoms with Crippen molar-refractivity contribution in [2.45, 2.75) is 18.9 Å². The van der Waals surface area contributed by atoms with Crippen LogP contribution >= 0.6 is 0 Å². The van der Waals surface area contributed by atoms with Crippen molar-refractivity contribution in [3.05, 3.63) is 23.7 Å². The summed E-state index contributed by atoms with van der Waals surface area (Å²) in [5, 5.41) is 0. The van der Waals surface area contributed by atoms with Crippen LogP contribution in [0.3, 0.4) is 0 Å². The Hall–Kier alpha value is -1.82. The lowest BCUT2D eigenvalue weighted by atomic mass is 9.94. The molecule has 0 spiro atoms. The number of halogens is 1. The molecule has 0 bridgehead atoms. The lowest BCUT2D eigenvalue weighted by Gasteiger charge is -2.29. The first-order chi connectivity index (χ1) is 9.24. The first-order valence-corrected chi connectivity index (χ1v) is 6.21. The van der Waals surface area contributed by atoms with Crippen LogP contribution in [-0.2, 0) is 14.3 Å². The van der Waals surface area contributed by atoms with Crippen molar-refractivity contribution in [3.63, 3.8) is 0 Å². The van der Waals surface area contributed by atoms with Crippen molar-refractivity contribution in [1.82, 2.24) is 0 Å². The Morgan fingerprint density at radius 3 is 2.89 bits per heavy atom. The van der Waals surface area contributed by atoms with Gasteiger partial charge < -0.3 is 9.47 Å². The summed E-state index contributed by atoms with van der Waals surface area (Å²) in [6, 6.07) is 0. The number of fused-ring (bicyclic) bond motifs is 1. The van der Waals surface area contributed by atoms with Crippen LogP contribution in [0.25, 0.3) is 0 Å². The van der Waals surface area contributed by atoms with Crippen LogP contribution < -0.4 is 0 Å². The van der Waals surface area contributed by atoms with Gasteiger partial charge in [-0.3, -0.25) is 4.79 Å². The average Bonchev–Trinajstić information content (AvgIpc) is 2.39. The van der Waals surface area contributed by atoms with Gasteiger partial charge in [0.2, 0.25) is 0 Å². The SMILES string of the molecule is O=C1N=CN=C2C=C(F)C=C(OC3CCOCC3)C12. The number of rotatable bonds is 2. The third kappa shape index (κ3) is 2.49. The number of ether oxygens (including phenoxy) is 2. The van der Waals surface area contributed by atoms with Gasteiger partial charge in [-0.05, 0) is 6.08 Å². The third-order valence-corrected chi connectivity index (χ3v) is 3.26. The minimum Gasteiger partial charge on any atom is -0.493 e. The van der Waals surface area contributed by atoms with Gasteiger partial charge in [-0.25, -0.2) is 14.4 Å². The molecular weight excluding hydrogens is 251 g/mol. The summed E-state index contributed by atoms with van der Waals surface area (Å²) in [5.41, 5.74) is 0.349. The van der Waals surface area contributed by atoms with Gasteiger partial charge in [0.15, 0.2) is 0 Å². The molecule has 6 heteroatoms. The maximum Gasteiger partial charge on any atom is 0.263 e. The van der Waals surface area contributed by atoms with E-state index in [0.29, 0.717) is 24.7 Å². The molecule has 0 radical (unpaired) electrons. The number of carbonyl (C=O) groups excluding carboxylic acids is 1. The summed E-state index contributed by atoms with van der Waals surface area (Å²) in [5.74, 6) is -1.23. The molecule has 0 aromatic rings. The quantitative estimate of drug-likeness (QED) is 0.760. The van der Waals surface area contributed by atoms with Crippen LogP contribution in [0.2, 0.25) is 0 Å². The number of carbonyl (C=O) groups is 1. The van der Waals surface area contributed by atoms with Crippen LogP contribution in [0.5, 0.6) is 0 Å². The molecule has 0 saturated carbocycles. The Kier molecular flexibility index (Phi) is 3.25. The Morgan fingerprint density at radius 1 is 1.32 bits per heavy atom. The highest BCUT2D eigenvalue weighted by atomic mass is 19.1. The van der Waals surface area contributed by atoms with E-state index in [1.54, 1.807) is 0 Å². The van der Waals surface area contributed by atoms with Gasteiger partial charge in [0.1, 0.15) is 29.9 Å². The van der Waals surface area contributed by atoms with Crippen molar-refractivity contribution in [3.8, 4) is 0 Å². The summed E-state index contributed by atoms with van der Waals surface area (Å²) in [6.07, 6.45) is 5.06. The molecule has 3 aliphatic rings. The van der Waals surface area contributed by atoms with E-state index in [2.05, 4.69) is 9.98 Å². The lowest BCUT2D eigenvalue weighted by Crippen LogP contribution is -2.33. The fourth-order valence-electron chi connectivity index (χ4n) is 2.31. The highest BCUT2D eigenvalue weighted by Gasteiger charge is 2.35. The summed E-state index contributed by atoms with van der Waals surface area (Å²) in [7, 11) is 0. The van der Waals surface area contributed by atoms with Gasteiger partial charge in [0, 0.05) is 18.9 Å². The molecule has 5 nitrogen and oxygen atoms in total. The predicted octanol–water partition coefficient (Wildman–Crippen LogP) is 1.56. The van der Waals surface area contributed by atoms with Crippen LogP contribution in [0.4, 0.5) is 4.39 Å². The maximum atomic E-state index is 13.5. The zero-order valence-corrected chi connectivity index (χ0v) is 10.2. The fraction of sp³-hybridized carbons (Fsp3) is 0.462. The van der Waals surface area contributed by atoms with Crippen LogP contribution in [-0.4, -0.2) is 37.3 Å². The van der Waals surface area contributed by atoms with Crippen LogP contribution in [0.15, 0.2) is 33.7 Å². The monoisotopic (exact) mass is 264 g/mol. The molecule has 1 fully saturated rings. The fourth-order valence-corrected chi connectivity index (χ4v) is 2.31. The molecule has 2 heterocycles. The van der Waals surface area contributed by atoms with Gasteiger partial charge in [0.05, 0.1) is 18.9 Å². The van der Waals surface area contributed by atoms with Gasteiger partial charge in [-0.15, -0.1) is 0 Å². The Morgan fingerprint density at radius 2 is 2.11 bits per heavy atom. The minimum atomic E-state index is -0.702. The van der Waals surface area contributed by atoms with Crippen molar-refractivity contribution >= 4 is 18.0 Å². The van der Waals surface area contributed by atoms with Gasteiger partial charge >= 0.3 is 0 Å². The van der Waals surface area contributed by atoms with E-state index < -0.39 is 11.7 Å². The second-order valence-corrected chi connectivity index (χ2v) is 4.58. The first kappa shape index (κ1) is 12.2. The van der Waals surface area contributed by atoms with Gasteiger partial charge in [-0.2, -0.15) is 0 Å². The second kappa shape index (κ2) is 5.05. The highest BCUT2D eigenvalue weighted by Crippen LogP contribution is 2.29. The van der Waals surface area contributed by atoms with Crippen LogP contribution in [0.1, 0.15) is 12.8 Å². The standard InChI is InChI=1S/C13H13FN2O3/c14-8-5-10-12(13(17)16-7-15-10)11(6-8)19-9-1-3-18-4-2-9/h5-7,9,12H,1-4H2. The molecule has 1 saturated heterocycles. The second-order valence-electron chi connectivity index (χ2n) is 4.58. The first-order valence-electron chi connectivity index (χ1n) is 6.21. The topological polar surface area (TPSA) is 60.2 Å². The summed E-state index contributed by atoms with van der Waals surface area (Å²) >= 11 is 0. The molecular formula is C13H13FN2O3. The van der Waals surface area contributed by atoms with Crippen LogP contribution in [0, 0.1) is 5.92 Å². The average molecular weight is 264 g/mol. The molecule has 3 rings (SSSR count). The minimum absolute atomic E-state index is 0.0501. The van der Waals surface area contributed by atoms with E-state index in [1.807, 2.05) is 0 Å². The van der Waals surface area contributed by atoms with E-state index in [4.69, 9.17) is 9.47 Å². The normalized spacial score (nSPS) is 27.3. The zero-order chi connectivity index (χ0) is 13.2. The van der Waals surface area contributed by atoms with Crippen molar-refractivity contribution in [2.75, 3.05) is 13.2 Å². The van der Waals surface area contributed by atoms with E-state index in [1.165, 1.54) is 12.2 Å². The Labute approximate surface area is 109 Å². The Balaban J connectivity index is 1.82. The molecule has 1 amide bonds. The number of nitrogens with zero attached hydrogens (tertiary/aromatic N) is 2. The predicted molar refractivity (Wildman–Crippen MR) is 66.6 cm³/mol. The summed E-state index contributed by atoms with van der Waals surface area (Å²) < 4.78 is 24.5. The van der Waals surface area contributed by atoms with Crippen molar-refractivity contribution in [2.24, 2.45) is 15.9 Å². The number of hydrogen-bond acceptors (Lipinski definition) is 4. The third-order valence-electron chi connectivity index (χ3n) is 3.26. The van der Waals surface area contributed by atoms with E-state index >= 15 is 0 Å².